The van der Waals surface area contributed by atoms with Crippen molar-refractivity contribution < 1.29 is 19.7 Å². The second-order valence-corrected chi connectivity index (χ2v) is 6.81. The highest BCUT2D eigenvalue weighted by Crippen LogP contribution is 2.28. The van der Waals surface area contributed by atoms with Gasteiger partial charge in [0.1, 0.15) is 11.4 Å². The van der Waals surface area contributed by atoms with E-state index in [9.17, 15) is 15.0 Å². The maximum Gasteiger partial charge on any atom is 0.412 e. The van der Waals surface area contributed by atoms with Crippen molar-refractivity contribution >= 4 is 11.8 Å². The largest absolute Gasteiger partial charge is 0.506 e. The van der Waals surface area contributed by atoms with Crippen molar-refractivity contribution in [1.29, 1.82) is 0 Å². The van der Waals surface area contributed by atoms with Gasteiger partial charge in [0.2, 0.25) is 0 Å². The number of aromatic hydroxyl groups is 1. The summed E-state index contributed by atoms with van der Waals surface area (Å²) in [7, 11) is 0. The number of rotatable bonds is 3. The fourth-order valence-corrected chi connectivity index (χ4v) is 2.47. The van der Waals surface area contributed by atoms with Gasteiger partial charge < -0.3 is 20.3 Å². The van der Waals surface area contributed by atoms with Gasteiger partial charge in [-0.25, -0.2) is 4.79 Å². The Hall–Kier alpha value is -1.79. The molecule has 1 heterocycles. The van der Waals surface area contributed by atoms with Crippen LogP contribution in [0.1, 0.15) is 32.8 Å². The lowest BCUT2D eigenvalue weighted by Crippen LogP contribution is -2.33. The molecule has 6 heteroatoms. The Morgan fingerprint density at radius 2 is 2.18 bits per heavy atom. The molecule has 22 heavy (non-hydrogen) atoms. The van der Waals surface area contributed by atoms with Crippen LogP contribution in [0, 0.1) is 0 Å². The van der Waals surface area contributed by atoms with Gasteiger partial charge in [0.05, 0.1) is 11.3 Å². The Labute approximate surface area is 130 Å². The predicted molar refractivity (Wildman–Crippen MR) is 84.1 cm³/mol. The molecule has 1 amide bonds. The normalized spacial score (nSPS) is 21.6. The molecule has 0 spiro atoms. The van der Waals surface area contributed by atoms with Crippen LogP contribution >= 0.6 is 0 Å². The van der Waals surface area contributed by atoms with E-state index in [0.29, 0.717) is 19.4 Å². The minimum atomic E-state index is -0.771. The number of hydrogen-bond acceptors (Lipinski definition) is 5. The Morgan fingerprint density at radius 3 is 2.73 bits per heavy atom. The highest BCUT2D eigenvalue weighted by atomic mass is 16.6. The van der Waals surface area contributed by atoms with Gasteiger partial charge in [-0.05, 0) is 51.4 Å². The van der Waals surface area contributed by atoms with E-state index in [-0.39, 0.29) is 11.4 Å². The van der Waals surface area contributed by atoms with Gasteiger partial charge in [-0.15, -0.1) is 0 Å². The third-order valence-corrected chi connectivity index (χ3v) is 3.45. The summed E-state index contributed by atoms with van der Waals surface area (Å²) in [6.07, 6.45) is 0.528. The van der Waals surface area contributed by atoms with E-state index in [4.69, 9.17) is 4.74 Å². The minimum Gasteiger partial charge on any atom is -0.506 e. The van der Waals surface area contributed by atoms with E-state index >= 15 is 0 Å². The van der Waals surface area contributed by atoms with Crippen molar-refractivity contribution in [3.63, 3.8) is 0 Å². The molecule has 2 rings (SSSR count). The third kappa shape index (κ3) is 4.61. The van der Waals surface area contributed by atoms with Crippen LogP contribution in [0.3, 0.4) is 0 Å². The number of amides is 1. The van der Waals surface area contributed by atoms with Gasteiger partial charge in [0.25, 0.3) is 0 Å². The van der Waals surface area contributed by atoms with Crippen molar-refractivity contribution in [2.24, 2.45) is 0 Å². The van der Waals surface area contributed by atoms with Crippen LogP contribution < -0.4 is 10.6 Å². The van der Waals surface area contributed by atoms with Gasteiger partial charge in [-0.3, -0.25) is 5.32 Å². The molecule has 1 aromatic carbocycles. The summed E-state index contributed by atoms with van der Waals surface area (Å²) < 4.78 is 5.14. The first kappa shape index (κ1) is 16.6. The molecule has 1 fully saturated rings. The second-order valence-electron chi connectivity index (χ2n) is 6.81. The van der Waals surface area contributed by atoms with E-state index in [1.165, 1.54) is 0 Å². The third-order valence-electron chi connectivity index (χ3n) is 3.45. The second kappa shape index (κ2) is 6.14. The first-order valence-electron chi connectivity index (χ1n) is 7.42. The van der Waals surface area contributed by atoms with E-state index in [1.807, 2.05) is 0 Å². The average Bonchev–Trinajstić information content (AvgIpc) is 2.77. The van der Waals surface area contributed by atoms with Gasteiger partial charge in [0, 0.05) is 13.0 Å². The number of phenolic OH excluding ortho intramolecular Hbond substituents is 1. The molecule has 4 N–H and O–H groups in total. The summed E-state index contributed by atoms with van der Waals surface area (Å²) in [5.41, 5.74) is -0.265. The zero-order valence-corrected chi connectivity index (χ0v) is 13.3. The highest BCUT2D eigenvalue weighted by molar-refractivity contribution is 5.86. The van der Waals surface area contributed by atoms with Crippen molar-refractivity contribution in [3.05, 3.63) is 23.8 Å². The average molecular weight is 308 g/mol. The molecule has 0 aromatic heterocycles. The maximum atomic E-state index is 11.7. The summed E-state index contributed by atoms with van der Waals surface area (Å²) in [5.74, 6) is -0.0436. The standard InChI is InChI=1S/C16H24N2O4/c1-15(2,3)22-14(20)18-12-5-4-11(8-13(12)19)9-16(21)6-7-17-10-16/h4-5,8,17,19,21H,6-7,9-10H2,1-3H3,(H,18,20). The molecule has 1 aromatic rings. The fourth-order valence-electron chi connectivity index (χ4n) is 2.47. The van der Waals surface area contributed by atoms with Gasteiger partial charge in [-0.1, -0.05) is 6.07 Å². The van der Waals surface area contributed by atoms with Gasteiger partial charge in [-0.2, -0.15) is 0 Å². The predicted octanol–water partition coefficient (Wildman–Crippen LogP) is 2.01. The Morgan fingerprint density at radius 1 is 1.45 bits per heavy atom. The molecule has 1 saturated heterocycles. The molecule has 0 saturated carbocycles. The van der Waals surface area contributed by atoms with Crippen molar-refractivity contribution in [2.45, 2.75) is 44.8 Å². The maximum absolute atomic E-state index is 11.7. The van der Waals surface area contributed by atoms with Crippen LogP contribution in [-0.4, -0.2) is 40.6 Å². The van der Waals surface area contributed by atoms with Crippen LogP contribution in [-0.2, 0) is 11.2 Å². The molecular weight excluding hydrogens is 284 g/mol. The quantitative estimate of drug-likeness (QED) is 0.641. The van der Waals surface area contributed by atoms with Crippen LogP contribution in [0.25, 0.3) is 0 Å². The molecular formula is C16H24N2O4. The lowest BCUT2D eigenvalue weighted by atomic mass is 9.93. The van der Waals surface area contributed by atoms with E-state index in [0.717, 1.165) is 12.1 Å². The van der Waals surface area contributed by atoms with E-state index in [1.54, 1.807) is 39.0 Å². The number of carbonyl (C=O) groups is 1. The molecule has 1 aliphatic heterocycles. The molecule has 0 aliphatic carbocycles. The van der Waals surface area contributed by atoms with Crippen LogP contribution in [0.5, 0.6) is 5.75 Å². The zero-order chi connectivity index (χ0) is 16.4. The minimum absolute atomic E-state index is 0.0436. The van der Waals surface area contributed by atoms with E-state index < -0.39 is 17.3 Å². The zero-order valence-electron chi connectivity index (χ0n) is 13.3. The van der Waals surface area contributed by atoms with Gasteiger partial charge >= 0.3 is 6.09 Å². The lowest BCUT2D eigenvalue weighted by Gasteiger charge is -2.22. The highest BCUT2D eigenvalue weighted by Gasteiger charge is 2.31. The molecule has 1 atom stereocenters. The molecule has 0 radical (unpaired) electrons. The lowest BCUT2D eigenvalue weighted by molar-refractivity contribution is 0.0614. The van der Waals surface area contributed by atoms with Crippen molar-refractivity contribution in [1.82, 2.24) is 5.32 Å². The number of hydrogen-bond donors (Lipinski definition) is 4. The fraction of sp³-hybridized carbons (Fsp3) is 0.562. The van der Waals surface area contributed by atoms with E-state index in [2.05, 4.69) is 10.6 Å². The summed E-state index contributed by atoms with van der Waals surface area (Å²) in [5, 5.41) is 26.0. The number of phenols is 1. The number of nitrogens with one attached hydrogen (secondary N) is 2. The Kier molecular flexibility index (Phi) is 4.63. The van der Waals surface area contributed by atoms with Crippen LogP contribution in [0.2, 0.25) is 0 Å². The first-order chi connectivity index (χ1) is 10.2. The first-order valence-corrected chi connectivity index (χ1v) is 7.42. The molecule has 0 bridgehead atoms. The summed E-state index contributed by atoms with van der Waals surface area (Å²) >= 11 is 0. The number of carbonyl (C=O) groups excluding carboxylic acids is 1. The number of benzene rings is 1. The van der Waals surface area contributed by atoms with Crippen LogP contribution in [0.15, 0.2) is 18.2 Å². The summed E-state index contributed by atoms with van der Waals surface area (Å²) in [4.78, 5) is 11.7. The van der Waals surface area contributed by atoms with Crippen LogP contribution in [0.4, 0.5) is 10.5 Å². The number of aliphatic hydroxyl groups is 1. The number of β-amino-alcohol motifs (C(OH)–C–C–N with tert-alkyl or cyclic N) is 1. The Balaban J connectivity index is 2.02. The van der Waals surface area contributed by atoms with Crippen molar-refractivity contribution in [2.75, 3.05) is 18.4 Å². The number of ether oxygens (including phenoxy) is 1. The Bertz CT molecular complexity index is 546. The molecule has 6 nitrogen and oxygen atoms in total. The molecule has 1 unspecified atom stereocenters. The monoisotopic (exact) mass is 308 g/mol. The van der Waals surface area contributed by atoms with Gasteiger partial charge in [0.15, 0.2) is 0 Å². The summed E-state index contributed by atoms with van der Waals surface area (Å²) in [6, 6.07) is 4.95. The topological polar surface area (TPSA) is 90.8 Å². The smallest absolute Gasteiger partial charge is 0.412 e. The summed E-state index contributed by atoms with van der Waals surface area (Å²) in [6.45, 7) is 6.65. The molecule has 1 aliphatic rings. The SMILES string of the molecule is CC(C)(C)OC(=O)Nc1ccc(CC2(O)CCNC2)cc1O. The van der Waals surface area contributed by atoms with Crippen molar-refractivity contribution in [3.8, 4) is 5.75 Å². The number of anilines is 1. The molecule has 122 valence electrons.